The summed E-state index contributed by atoms with van der Waals surface area (Å²) < 4.78 is 6.51. The van der Waals surface area contributed by atoms with E-state index in [1.54, 1.807) is 0 Å². The van der Waals surface area contributed by atoms with Crippen LogP contribution in [0.5, 0.6) is 0 Å². The Hall–Kier alpha value is -1.66. The summed E-state index contributed by atoms with van der Waals surface area (Å²) >= 11 is 0. The zero-order valence-corrected chi connectivity index (χ0v) is 16.8. The highest BCUT2D eigenvalue weighted by atomic mass is 16.5. The van der Waals surface area contributed by atoms with Crippen molar-refractivity contribution in [1.29, 1.82) is 0 Å². The average molecular weight is 385 g/mol. The summed E-state index contributed by atoms with van der Waals surface area (Å²) in [4.78, 5) is 21.7. The molecule has 1 amide bonds. The quantitative estimate of drug-likeness (QED) is 0.814. The number of likely N-dealkylation sites (N-methyl/N-ethyl adjacent to an activating group) is 1. The van der Waals surface area contributed by atoms with Crippen LogP contribution in [-0.2, 0) is 9.53 Å². The van der Waals surface area contributed by atoms with Gasteiger partial charge in [0.05, 0.1) is 18.2 Å². The maximum absolute atomic E-state index is 12.5. The second-order valence-corrected chi connectivity index (χ2v) is 9.26. The largest absolute Gasteiger partial charge is 0.369 e. The number of hydrogen-bond donors (Lipinski definition) is 1. The molecule has 3 saturated heterocycles. The van der Waals surface area contributed by atoms with Gasteiger partial charge in [-0.05, 0) is 44.9 Å². The Morgan fingerprint density at radius 2 is 2.21 bits per heavy atom. The van der Waals surface area contributed by atoms with E-state index in [9.17, 15) is 4.79 Å². The highest BCUT2D eigenvalue weighted by molar-refractivity contribution is 5.78. The third-order valence-electron chi connectivity index (χ3n) is 7.63. The first-order valence-electron chi connectivity index (χ1n) is 11.0. The number of anilines is 1. The van der Waals surface area contributed by atoms with Crippen molar-refractivity contribution in [3.05, 3.63) is 24.4 Å². The molecule has 4 aliphatic rings. The van der Waals surface area contributed by atoms with Gasteiger partial charge in [-0.3, -0.25) is 9.69 Å². The summed E-state index contributed by atoms with van der Waals surface area (Å²) in [6.45, 7) is 3.17. The van der Waals surface area contributed by atoms with Crippen LogP contribution in [0, 0.1) is 11.8 Å². The first-order valence-corrected chi connectivity index (χ1v) is 11.0. The topological polar surface area (TPSA) is 57.7 Å². The number of aromatic nitrogens is 1. The molecule has 5 rings (SSSR count). The molecule has 4 fully saturated rings. The lowest BCUT2D eigenvalue weighted by atomic mass is 9.73. The lowest BCUT2D eigenvalue weighted by molar-refractivity contribution is -0.122. The Morgan fingerprint density at radius 1 is 1.36 bits per heavy atom. The van der Waals surface area contributed by atoms with Crippen molar-refractivity contribution in [3.63, 3.8) is 0 Å². The Balaban J connectivity index is 1.19. The van der Waals surface area contributed by atoms with Gasteiger partial charge in [0.1, 0.15) is 5.82 Å². The van der Waals surface area contributed by atoms with Crippen LogP contribution in [0.1, 0.15) is 38.5 Å². The van der Waals surface area contributed by atoms with Crippen LogP contribution in [0.15, 0.2) is 24.4 Å². The predicted molar refractivity (Wildman–Crippen MR) is 108 cm³/mol. The van der Waals surface area contributed by atoms with E-state index in [1.165, 1.54) is 25.7 Å². The first-order chi connectivity index (χ1) is 13.6. The summed E-state index contributed by atoms with van der Waals surface area (Å²) in [5.41, 5.74) is -0.0295. The average Bonchev–Trinajstić information content (AvgIpc) is 3.47. The number of hydrogen-bond acceptors (Lipinski definition) is 5. The molecule has 1 aliphatic carbocycles. The monoisotopic (exact) mass is 384 g/mol. The van der Waals surface area contributed by atoms with Gasteiger partial charge in [-0.25, -0.2) is 4.98 Å². The van der Waals surface area contributed by atoms with E-state index in [1.807, 2.05) is 18.3 Å². The van der Waals surface area contributed by atoms with Crippen LogP contribution in [0.2, 0.25) is 0 Å². The van der Waals surface area contributed by atoms with Gasteiger partial charge in [0, 0.05) is 43.7 Å². The zero-order valence-electron chi connectivity index (χ0n) is 16.8. The molecule has 0 aromatic carbocycles. The molecule has 6 nitrogen and oxygen atoms in total. The van der Waals surface area contributed by atoms with Crippen LogP contribution < -0.4 is 10.2 Å². The van der Waals surface area contributed by atoms with Crippen LogP contribution >= 0.6 is 0 Å². The smallest absolute Gasteiger partial charge is 0.234 e. The highest BCUT2D eigenvalue weighted by Crippen LogP contribution is 2.55. The van der Waals surface area contributed by atoms with E-state index in [-0.39, 0.29) is 11.5 Å². The van der Waals surface area contributed by atoms with Crippen LogP contribution in [0.25, 0.3) is 0 Å². The fourth-order valence-electron chi connectivity index (χ4n) is 6.17. The number of amides is 1. The van der Waals surface area contributed by atoms with Gasteiger partial charge in [-0.1, -0.05) is 18.9 Å². The predicted octanol–water partition coefficient (Wildman–Crippen LogP) is 2.06. The molecule has 28 heavy (non-hydrogen) atoms. The van der Waals surface area contributed by atoms with E-state index in [4.69, 9.17) is 4.74 Å². The summed E-state index contributed by atoms with van der Waals surface area (Å²) in [6, 6.07) is 6.67. The minimum atomic E-state index is -0.0295. The molecular formula is C22H32N4O2. The van der Waals surface area contributed by atoms with Crippen LogP contribution in [0.4, 0.5) is 5.82 Å². The molecule has 2 bridgehead atoms. The number of carbonyl (C=O) groups excluding carboxylic acids is 1. The second kappa shape index (κ2) is 7.30. The molecule has 152 valence electrons. The number of ether oxygens (including phenoxy) is 1. The summed E-state index contributed by atoms with van der Waals surface area (Å²) in [6.07, 6.45) is 9.49. The Bertz CT molecular complexity index is 708. The van der Waals surface area contributed by atoms with Gasteiger partial charge in [-0.15, -0.1) is 0 Å². The summed E-state index contributed by atoms with van der Waals surface area (Å²) in [5, 5.41) is 3.23. The first kappa shape index (κ1) is 18.4. The number of fused-ring (bicyclic) bond motifs is 1. The minimum absolute atomic E-state index is 0.0295. The molecule has 1 saturated carbocycles. The van der Waals surface area contributed by atoms with Gasteiger partial charge >= 0.3 is 0 Å². The maximum atomic E-state index is 12.5. The highest BCUT2D eigenvalue weighted by Gasteiger charge is 2.63. The number of nitrogens with one attached hydrogen (secondary N) is 1. The lowest BCUT2D eigenvalue weighted by Gasteiger charge is -2.29. The molecule has 3 aliphatic heterocycles. The number of nitrogens with zero attached hydrogens (tertiary/aromatic N) is 3. The van der Waals surface area contributed by atoms with E-state index in [0.717, 1.165) is 38.3 Å². The maximum Gasteiger partial charge on any atom is 0.234 e. The van der Waals surface area contributed by atoms with Gasteiger partial charge < -0.3 is 15.0 Å². The Labute approximate surface area is 167 Å². The van der Waals surface area contributed by atoms with Crippen molar-refractivity contribution in [3.8, 4) is 0 Å². The molecule has 1 spiro atoms. The second-order valence-electron chi connectivity index (χ2n) is 9.26. The molecular weight excluding hydrogens is 352 g/mol. The van der Waals surface area contributed by atoms with Crippen molar-refractivity contribution in [2.24, 2.45) is 11.8 Å². The molecule has 4 heterocycles. The zero-order chi connectivity index (χ0) is 19.1. The third-order valence-corrected chi connectivity index (χ3v) is 7.63. The molecule has 6 heteroatoms. The van der Waals surface area contributed by atoms with Crippen LogP contribution in [-0.4, -0.2) is 66.8 Å². The van der Waals surface area contributed by atoms with E-state index in [0.29, 0.717) is 30.5 Å². The van der Waals surface area contributed by atoms with Gasteiger partial charge in [0.2, 0.25) is 5.91 Å². The Kier molecular flexibility index (Phi) is 4.79. The van der Waals surface area contributed by atoms with Gasteiger partial charge in [0.25, 0.3) is 0 Å². The van der Waals surface area contributed by atoms with Crippen LogP contribution in [0.3, 0.4) is 0 Å². The van der Waals surface area contributed by atoms with Crippen molar-refractivity contribution in [1.82, 2.24) is 15.2 Å². The standard InChI is InChI=1S/C22H32N4O2/c1-25(16-6-2-3-7-16)14-21(27)24-12-17-18-13-26(20-8-4-5-11-23-20)15-22(18)10-9-19(17)28-22/h4-5,8,11,16-19H,2-3,6-7,9-10,12-15H2,1H3,(H,24,27)/t17-,18+,19+,22+/m0/s1. The van der Waals surface area contributed by atoms with Crippen molar-refractivity contribution in [2.75, 3.05) is 38.1 Å². The van der Waals surface area contributed by atoms with E-state index in [2.05, 4.69) is 33.2 Å². The minimum Gasteiger partial charge on any atom is -0.369 e. The summed E-state index contributed by atoms with van der Waals surface area (Å²) in [7, 11) is 2.09. The Morgan fingerprint density at radius 3 is 3.00 bits per heavy atom. The van der Waals surface area contributed by atoms with Crippen molar-refractivity contribution < 1.29 is 9.53 Å². The van der Waals surface area contributed by atoms with Gasteiger partial charge in [0.15, 0.2) is 0 Å². The van der Waals surface area contributed by atoms with Gasteiger partial charge in [-0.2, -0.15) is 0 Å². The molecule has 1 N–H and O–H groups in total. The lowest BCUT2D eigenvalue weighted by Crippen LogP contribution is -2.45. The summed E-state index contributed by atoms with van der Waals surface area (Å²) in [5.74, 6) is 2.11. The van der Waals surface area contributed by atoms with Crippen molar-refractivity contribution in [2.45, 2.75) is 56.3 Å². The molecule has 1 aromatic rings. The molecule has 1 aromatic heterocycles. The number of rotatable bonds is 6. The fraction of sp³-hybridized carbons (Fsp3) is 0.727. The normalized spacial score (nSPS) is 34.4. The van der Waals surface area contributed by atoms with E-state index >= 15 is 0 Å². The SMILES string of the molecule is CN(CC(=O)NC[C@H]1[C@H]2CN(c3ccccn3)C[C@]23CC[C@H]1O3)C1CCCC1. The fourth-order valence-corrected chi connectivity index (χ4v) is 6.17. The number of pyridine rings is 1. The van der Waals surface area contributed by atoms with E-state index < -0.39 is 0 Å². The molecule has 0 unspecified atom stereocenters. The van der Waals surface area contributed by atoms with Crippen molar-refractivity contribution >= 4 is 11.7 Å². The molecule has 4 atom stereocenters. The molecule has 0 radical (unpaired) electrons. The number of carbonyl (C=O) groups is 1. The third kappa shape index (κ3) is 3.20.